The molecule has 0 heterocycles. The van der Waals surface area contributed by atoms with Crippen molar-refractivity contribution in [3.63, 3.8) is 0 Å². The number of rotatable bonds is 13. The largest absolute Gasteiger partial charge is 0.513 e. The number of esters is 2. The molecule has 0 saturated carbocycles. The summed E-state index contributed by atoms with van der Waals surface area (Å²) in [6.45, 7) is 5.14. The van der Waals surface area contributed by atoms with Crippen LogP contribution in [0.5, 0.6) is 11.5 Å². The molecule has 0 aliphatic heterocycles. The summed E-state index contributed by atoms with van der Waals surface area (Å²) < 4.78 is 34.9. The maximum atomic E-state index is 13.7. The van der Waals surface area contributed by atoms with Crippen molar-refractivity contribution in [3.05, 3.63) is 64.2 Å². The summed E-state index contributed by atoms with van der Waals surface area (Å²) in [6, 6.07) is 10.4. The number of nitro groups is 1. The van der Waals surface area contributed by atoms with Crippen LogP contribution >= 0.6 is 7.75 Å². The highest BCUT2D eigenvalue weighted by molar-refractivity contribution is 7.52. The van der Waals surface area contributed by atoms with Gasteiger partial charge in [0.25, 0.3) is 5.69 Å². The molecule has 2 rings (SSSR count). The Labute approximate surface area is 197 Å². The first-order chi connectivity index (χ1) is 16.2. The normalized spacial score (nSPS) is 13.3. The van der Waals surface area contributed by atoms with Crippen LogP contribution in [-0.2, 0) is 30.0 Å². The van der Waals surface area contributed by atoms with Crippen molar-refractivity contribution in [2.75, 3.05) is 13.2 Å². The molecule has 1 unspecified atom stereocenters. The van der Waals surface area contributed by atoms with E-state index in [1.807, 2.05) is 0 Å². The zero-order chi connectivity index (χ0) is 25.1. The predicted octanol–water partition coefficient (Wildman–Crippen LogP) is 4.20. The van der Waals surface area contributed by atoms with Crippen molar-refractivity contribution in [2.45, 2.75) is 39.7 Å². The van der Waals surface area contributed by atoms with Crippen molar-refractivity contribution < 1.29 is 37.6 Å². The van der Waals surface area contributed by atoms with E-state index in [1.54, 1.807) is 38.1 Å². The molecule has 0 aliphatic rings. The molecule has 0 bridgehead atoms. The van der Waals surface area contributed by atoms with Crippen molar-refractivity contribution >= 4 is 25.4 Å². The second-order valence-electron chi connectivity index (χ2n) is 6.95. The molecule has 0 amide bonds. The van der Waals surface area contributed by atoms with E-state index in [9.17, 15) is 24.3 Å². The van der Waals surface area contributed by atoms with Crippen LogP contribution in [0.2, 0.25) is 0 Å². The van der Waals surface area contributed by atoms with Crippen LogP contribution in [0.1, 0.15) is 32.8 Å². The molecule has 0 spiro atoms. The first-order valence-electron chi connectivity index (χ1n) is 10.6. The minimum Gasteiger partial charge on any atom is -0.466 e. The lowest BCUT2D eigenvalue weighted by Crippen LogP contribution is -2.35. The van der Waals surface area contributed by atoms with Gasteiger partial charge in [0, 0.05) is 18.6 Å². The summed E-state index contributed by atoms with van der Waals surface area (Å²) in [6.07, 6.45) is 0.328. The smallest absolute Gasteiger partial charge is 0.466 e. The third kappa shape index (κ3) is 8.17. The third-order valence-electron chi connectivity index (χ3n) is 4.36. The van der Waals surface area contributed by atoms with Gasteiger partial charge >= 0.3 is 19.7 Å². The van der Waals surface area contributed by atoms with Gasteiger partial charge in [0.1, 0.15) is 17.5 Å². The molecule has 11 nitrogen and oxygen atoms in total. The molecule has 12 heteroatoms. The fourth-order valence-corrected chi connectivity index (χ4v) is 4.35. The topological polar surface area (TPSA) is 143 Å². The molecule has 2 aromatic carbocycles. The molecule has 2 aromatic rings. The number of aryl methyl sites for hydroxylation is 1. The average molecular weight is 494 g/mol. The zero-order valence-corrected chi connectivity index (χ0v) is 20.0. The Bertz CT molecular complexity index is 1040. The van der Waals surface area contributed by atoms with E-state index in [0.717, 1.165) is 0 Å². The van der Waals surface area contributed by atoms with Gasteiger partial charge in [-0.25, -0.2) is 4.57 Å². The van der Waals surface area contributed by atoms with Crippen LogP contribution < -0.4 is 14.1 Å². The summed E-state index contributed by atoms with van der Waals surface area (Å²) in [5.41, 5.74) is 0.383. The number of benzene rings is 2. The minimum atomic E-state index is -4.26. The Balaban J connectivity index is 2.31. The summed E-state index contributed by atoms with van der Waals surface area (Å²) in [7, 11) is -4.26. The summed E-state index contributed by atoms with van der Waals surface area (Å²) in [5.74, 6) is -0.881. The predicted molar refractivity (Wildman–Crippen MR) is 123 cm³/mol. The number of para-hydroxylation sites is 1. The molecule has 184 valence electrons. The maximum absolute atomic E-state index is 13.7. The summed E-state index contributed by atoms with van der Waals surface area (Å²) in [4.78, 5) is 34.2. The Morgan fingerprint density at radius 2 is 1.68 bits per heavy atom. The Kier molecular flexibility index (Phi) is 10.0. The van der Waals surface area contributed by atoms with E-state index in [4.69, 9.17) is 18.5 Å². The van der Waals surface area contributed by atoms with Gasteiger partial charge in [0.15, 0.2) is 0 Å². The molecule has 0 aromatic heterocycles. The van der Waals surface area contributed by atoms with Crippen LogP contribution in [0.25, 0.3) is 0 Å². The second kappa shape index (κ2) is 12.7. The second-order valence-corrected chi connectivity index (χ2v) is 8.56. The molecule has 34 heavy (non-hydrogen) atoms. The van der Waals surface area contributed by atoms with Gasteiger partial charge in [-0.1, -0.05) is 18.2 Å². The van der Waals surface area contributed by atoms with Gasteiger partial charge < -0.3 is 18.5 Å². The van der Waals surface area contributed by atoms with Gasteiger partial charge in [-0.2, -0.15) is 5.09 Å². The van der Waals surface area contributed by atoms with Crippen LogP contribution in [0.3, 0.4) is 0 Å². The van der Waals surface area contributed by atoms with Crippen molar-refractivity contribution in [1.82, 2.24) is 5.09 Å². The number of carbonyl (C=O) groups is 2. The molecule has 2 atom stereocenters. The van der Waals surface area contributed by atoms with E-state index in [0.29, 0.717) is 5.56 Å². The van der Waals surface area contributed by atoms with Crippen LogP contribution in [-0.4, -0.2) is 36.1 Å². The molecule has 1 N–H and O–H groups in total. The first kappa shape index (κ1) is 26.8. The van der Waals surface area contributed by atoms with Crippen molar-refractivity contribution in [1.29, 1.82) is 0 Å². The molecule has 0 radical (unpaired) electrons. The number of hydrogen-bond acceptors (Lipinski definition) is 9. The minimum absolute atomic E-state index is 0.0153. The Morgan fingerprint density at radius 1 is 1.03 bits per heavy atom. The number of ether oxygens (including phenoxy) is 2. The maximum Gasteiger partial charge on any atom is 0.513 e. The number of non-ortho nitro benzene ring substituents is 1. The fourth-order valence-electron chi connectivity index (χ4n) is 2.79. The van der Waals surface area contributed by atoms with Crippen LogP contribution in [0.15, 0.2) is 48.5 Å². The van der Waals surface area contributed by atoms with E-state index in [-0.39, 0.29) is 43.2 Å². The van der Waals surface area contributed by atoms with Gasteiger partial charge in [0.2, 0.25) is 0 Å². The molecular formula is C22H27N2O9P. The van der Waals surface area contributed by atoms with Gasteiger partial charge in [-0.15, -0.1) is 0 Å². The Hall–Kier alpha value is -3.43. The monoisotopic (exact) mass is 494 g/mol. The van der Waals surface area contributed by atoms with Crippen molar-refractivity contribution in [2.24, 2.45) is 0 Å². The van der Waals surface area contributed by atoms with E-state index in [2.05, 4.69) is 5.09 Å². The molecule has 0 fully saturated rings. The lowest BCUT2D eigenvalue weighted by Gasteiger charge is -2.24. The van der Waals surface area contributed by atoms with E-state index in [1.165, 1.54) is 31.2 Å². The number of carbonyl (C=O) groups excluding carboxylic acids is 2. The van der Waals surface area contributed by atoms with Crippen LogP contribution in [0.4, 0.5) is 5.69 Å². The summed E-state index contributed by atoms with van der Waals surface area (Å²) in [5, 5.41) is 13.4. The third-order valence-corrected chi connectivity index (χ3v) is 5.95. The summed E-state index contributed by atoms with van der Waals surface area (Å²) >= 11 is 0. The fraction of sp³-hybridized carbons (Fsp3) is 0.364. The van der Waals surface area contributed by atoms with Crippen molar-refractivity contribution in [3.8, 4) is 11.5 Å². The zero-order valence-electron chi connectivity index (χ0n) is 19.1. The highest BCUT2D eigenvalue weighted by Gasteiger charge is 2.34. The number of nitrogens with one attached hydrogen (secondary N) is 1. The first-order valence-corrected chi connectivity index (χ1v) is 12.1. The lowest BCUT2D eigenvalue weighted by atomic mass is 10.1. The highest BCUT2D eigenvalue weighted by atomic mass is 31.2. The van der Waals surface area contributed by atoms with Gasteiger partial charge in [0.05, 0.1) is 18.1 Å². The lowest BCUT2D eigenvalue weighted by molar-refractivity contribution is -0.384. The quantitative estimate of drug-likeness (QED) is 0.186. The Morgan fingerprint density at radius 3 is 2.29 bits per heavy atom. The van der Waals surface area contributed by atoms with Crippen LogP contribution in [0, 0.1) is 10.1 Å². The van der Waals surface area contributed by atoms with E-state index < -0.39 is 30.7 Å². The average Bonchev–Trinajstić information content (AvgIpc) is 2.79. The van der Waals surface area contributed by atoms with Gasteiger partial charge in [-0.3, -0.25) is 19.7 Å². The number of nitrogens with zero attached hydrogens (tertiary/aromatic N) is 1. The van der Waals surface area contributed by atoms with E-state index >= 15 is 0 Å². The van der Waals surface area contributed by atoms with Gasteiger partial charge in [-0.05, 0) is 51.0 Å². The standard InChI is InChI=1S/C22H27N2O9P/c1-4-30-21(25)15-10-17-8-6-7-9-20(17)33-34(29,23-16(3)22(26)31-5-2)32-19-13-11-18(12-14-19)24(27)28/h6-9,11-14,16H,4-5,10,15H2,1-3H3,(H,23,29)/t16?,34-/m0/s1. The molecule has 0 aliphatic carbocycles. The molecule has 0 saturated heterocycles. The number of hydrogen-bond donors (Lipinski definition) is 1. The highest BCUT2D eigenvalue weighted by Crippen LogP contribution is 2.46. The number of nitro benzene ring substituents is 1. The SMILES string of the molecule is CCOC(=O)CCc1ccccc1O[P@](=O)(NC(C)C(=O)OCC)Oc1ccc([N+](=O)[O-])cc1. The molecular weight excluding hydrogens is 467 g/mol.